The Morgan fingerprint density at radius 3 is 2.50 bits per heavy atom. The maximum absolute atomic E-state index is 13.5. The van der Waals surface area contributed by atoms with E-state index in [-0.39, 0.29) is 5.56 Å². The van der Waals surface area contributed by atoms with Gasteiger partial charge in [0.15, 0.2) is 0 Å². The van der Waals surface area contributed by atoms with Crippen LogP contribution in [0.25, 0.3) is 0 Å². The molecule has 1 nitrogen and oxygen atoms in total. The van der Waals surface area contributed by atoms with Gasteiger partial charge in [0, 0.05) is 11.6 Å². The number of nitrogens with two attached hydrogens (primary N) is 1. The Balaban J connectivity index is 2.13. The van der Waals surface area contributed by atoms with E-state index in [0.717, 1.165) is 37.5 Å². The molecule has 18 heavy (non-hydrogen) atoms. The quantitative estimate of drug-likeness (QED) is 0.813. The fourth-order valence-corrected chi connectivity index (χ4v) is 1.98. The smallest absolute Gasteiger partial charge is 0.324 e. The van der Waals surface area contributed by atoms with E-state index in [4.69, 9.17) is 5.73 Å². The van der Waals surface area contributed by atoms with Crippen molar-refractivity contribution in [3.05, 3.63) is 35.1 Å². The summed E-state index contributed by atoms with van der Waals surface area (Å²) in [7, 11) is 0. The molecule has 1 atom stereocenters. The molecule has 0 radical (unpaired) electrons. The molecule has 1 fully saturated rings. The lowest BCUT2D eigenvalue weighted by atomic mass is 9.98. The van der Waals surface area contributed by atoms with Gasteiger partial charge < -0.3 is 5.73 Å². The number of halogens is 4. The van der Waals surface area contributed by atoms with Gasteiger partial charge in [0.05, 0.1) is 5.56 Å². The van der Waals surface area contributed by atoms with E-state index in [0.29, 0.717) is 12.3 Å². The Morgan fingerprint density at radius 1 is 1.28 bits per heavy atom. The summed E-state index contributed by atoms with van der Waals surface area (Å²) < 4.78 is 51.1. The van der Waals surface area contributed by atoms with Crippen molar-refractivity contribution in [3.8, 4) is 0 Å². The third-order valence-electron chi connectivity index (χ3n) is 3.31. The molecule has 0 bridgehead atoms. The Hall–Kier alpha value is -1.10. The number of alkyl halides is 3. The predicted molar refractivity (Wildman–Crippen MR) is 60.3 cm³/mol. The minimum absolute atomic E-state index is 0.0366. The lowest BCUT2D eigenvalue weighted by Crippen LogP contribution is -2.14. The number of benzene rings is 1. The van der Waals surface area contributed by atoms with Crippen LogP contribution in [0, 0.1) is 11.7 Å². The Kier molecular flexibility index (Phi) is 3.61. The first kappa shape index (κ1) is 13.3. The van der Waals surface area contributed by atoms with E-state index in [1.54, 1.807) is 0 Å². The average molecular weight is 261 g/mol. The van der Waals surface area contributed by atoms with Crippen LogP contribution in [0.3, 0.4) is 0 Å². The van der Waals surface area contributed by atoms with Crippen LogP contribution in [0.1, 0.15) is 42.9 Å². The molecule has 1 saturated carbocycles. The molecule has 100 valence electrons. The third-order valence-corrected chi connectivity index (χ3v) is 3.31. The zero-order valence-corrected chi connectivity index (χ0v) is 9.80. The molecule has 1 aliphatic carbocycles. The van der Waals surface area contributed by atoms with Crippen LogP contribution in [0.4, 0.5) is 17.6 Å². The van der Waals surface area contributed by atoms with Gasteiger partial charge in [-0.2, -0.15) is 13.2 Å². The van der Waals surface area contributed by atoms with Crippen LogP contribution >= 0.6 is 0 Å². The van der Waals surface area contributed by atoms with E-state index in [1.165, 1.54) is 0 Å². The summed E-state index contributed by atoms with van der Waals surface area (Å²) in [4.78, 5) is 0. The molecule has 0 aromatic heterocycles. The highest BCUT2D eigenvalue weighted by Crippen LogP contribution is 2.36. The highest BCUT2D eigenvalue weighted by molar-refractivity contribution is 5.29. The average Bonchev–Trinajstić information content (AvgIpc) is 3.08. The fraction of sp³-hybridized carbons (Fsp3) is 0.538. The lowest BCUT2D eigenvalue weighted by molar-refractivity contribution is -0.137. The Bertz CT molecular complexity index is 423. The van der Waals surface area contributed by atoms with E-state index in [2.05, 4.69) is 0 Å². The van der Waals surface area contributed by atoms with Crippen molar-refractivity contribution in [2.45, 2.75) is 37.9 Å². The molecule has 1 aliphatic rings. The van der Waals surface area contributed by atoms with Gasteiger partial charge in [-0.1, -0.05) is 12.8 Å². The molecule has 0 aliphatic heterocycles. The summed E-state index contributed by atoms with van der Waals surface area (Å²) in [6.07, 6.45) is -0.770. The second kappa shape index (κ2) is 4.88. The van der Waals surface area contributed by atoms with E-state index >= 15 is 0 Å². The van der Waals surface area contributed by atoms with Crippen molar-refractivity contribution in [3.63, 3.8) is 0 Å². The van der Waals surface area contributed by atoms with Crippen molar-refractivity contribution in [1.82, 2.24) is 0 Å². The highest BCUT2D eigenvalue weighted by atomic mass is 19.4. The molecule has 0 spiro atoms. The monoisotopic (exact) mass is 261 g/mol. The largest absolute Gasteiger partial charge is 0.416 e. The fourth-order valence-electron chi connectivity index (χ4n) is 1.98. The van der Waals surface area contributed by atoms with Gasteiger partial charge >= 0.3 is 6.18 Å². The first-order valence-electron chi connectivity index (χ1n) is 6.00. The zero-order chi connectivity index (χ0) is 13.3. The minimum Gasteiger partial charge on any atom is -0.324 e. The van der Waals surface area contributed by atoms with Crippen LogP contribution in [-0.4, -0.2) is 0 Å². The van der Waals surface area contributed by atoms with Crippen LogP contribution in [-0.2, 0) is 6.18 Å². The minimum atomic E-state index is -4.46. The van der Waals surface area contributed by atoms with E-state index in [9.17, 15) is 17.6 Å². The first-order valence-corrected chi connectivity index (χ1v) is 6.00. The SMILES string of the molecule is NC(CCC1CC1)c1cc(C(F)(F)F)ccc1F. The summed E-state index contributed by atoms with van der Waals surface area (Å²) >= 11 is 0. The standard InChI is InChI=1S/C13H15F4N/c14-11-5-4-9(13(15,16)17)7-10(11)12(18)6-3-8-1-2-8/h4-5,7-8,12H,1-3,6,18H2. The van der Waals surface area contributed by atoms with Crippen molar-refractivity contribution in [1.29, 1.82) is 0 Å². The van der Waals surface area contributed by atoms with Crippen LogP contribution in [0.15, 0.2) is 18.2 Å². The molecule has 2 N–H and O–H groups in total. The topological polar surface area (TPSA) is 26.0 Å². The maximum Gasteiger partial charge on any atom is 0.416 e. The predicted octanol–water partition coefficient (Wildman–Crippen LogP) is 4.03. The Morgan fingerprint density at radius 2 is 1.94 bits per heavy atom. The second-order valence-corrected chi connectivity index (χ2v) is 4.86. The first-order chi connectivity index (χ1) is 8.38. The van der Waals surface area contributed by atoms with Crippen LogP contribution < -0.4 is 5.73 Å². The van der Waals surface area contributed by atoms with Crippen molar-refractivity contribution in [2.75, 3.05) is 0 Å². The summed E-state index contributed by atoms with van der Waals surface area (Å²) in [5.74, 6) is -0.0313. The molecule has 2 rings (SSSR count). The molecule has 0 heterocycles. The number of hydrogen-bond acceptors (Lipinski definition) is 1. The van der Waals surface area contributed by atoms with E-state index < -0.39 is 23.6 Å². The molecule has 5 heteroatoms. The molecular weight excluding hydrogens is 246 g/mol. The molecule has 0 amide bonds. The van der Waals surface area contributed by atoms with E-state index in [1.807, 2.05) is 0 Å². The Labute approximate surface area is 103 Å². The van der Waals surface area contributed by atoms with Gasteiger partial charge in [0.1, 0.15) is 5.82 Å². The maximum atomic E-state index is 13.5. The second-order valence-electron chi connectivity index (χ2n) is 4.86. The van der Waals surface area contributed by atoms with Gasteiger partial charge in [-0.3, -0.25) is 0 Å². The van der Waals surface area contributed by atoms with Crippen molar-refractivity contribution < 1.29 is 17.6 Å². The van der Waals surface area contributed by atoms with Gasteiger partial charge in [-0.25, -0.2) is 4.39 Å². The molecule has 1 aromatic carbocycles. The summed E-state index contributed by atoms with van der Waals surface area (Å²) in [6, 6.07) is 1.75. The molecule has 1 unspecified atom stereocenters. The third kappa shape index (κ3) is 3.22. The van der Waals surface area contributed by atoms with Crippen LogP contribution in [0.2, 0.25) is 0 Å². The number of rotatable bonds is 4. The summed E-state index contributed by atoms with van der Waals surface area (Å²) in [6.45, 7) is 0. The van der Waals surface area contributed by atoms with Gasteiger partial charge in [-0.05, 0) is 37.0 Å². The zero-order valence-electron chi connectivity index (χ0n) is 9.80. The summed E-state index contributed by atoms with van der Waals surface area (Å²) in [5.41, 5.74) is 4.89. The van der Waals surface area contributed by atoms with Crippen LogP contribution in [0.5, 0.6) is 0 Å². The molecule has 0 saturated heterocycles. The van der Waals surface area contributed by atoms with Crippen molar-refractivity contribution in [2.24, 2.45) is 11.7 Å². The molecule has 1 aromatic rings. The number of hydrogen-bond donors (Lipinski definition) is 1. The lowest BCUT2D eigenvalue weighted by Gasteiger charge is -2.15. The van der Waals surface area contributed by atoms with Gasteiger partial charge in [-0.15, -0.1) is 0 Å². The summed E-state index contributed by atoms with van der Waals surface area (Å²) in [5, 5.41) is 0. The van der Waals surface area contributed by atoms with Gasteiger partial charge in [0.2, 0.25) is 0 Å². The highest BCUT2D eigenvalue weighted by Gasteiger charge is 2.32. The van der Waals surface area contributed by atoms with Gasteiger partial charge in [0.25, 0.3) is 0 Å². The van der Waals surface area contributed by atoms with Crippen molar-refractivity contribution >= 4 is 0 Å². The molecular formula is C13H15F4N. The normalized spacial score (nSPS) is 17.8.